The molecule has 1 heterocycles. The molecule has 4 heteroatoms. The minimum Gasteiger partial charge on any atom is -0.324 e. The third-order valence-corrected chi connectivity index (χ3v) is 2.10. The van der Waals surface area contributed by atoms with Crippen LogP contribution in [-0.2, 0) is 0 Å². The zero-order valence-electron chi connectivity index (χ0n) is 8.32. The fourth-order valence-electron chi connectivity index (χ4n) is 1.76. The van der Waals surface area contributed by atoms with E-state index in [2.05, 4.69) is 0 Å². The van der Waals surface area contributed by atoms with Gasteiger partial charge in [0.1, 0.15) is 0 Å². The van der Waals surface area contributed by atoms with Gasteiger partial charge in [0.15, 0.2) is 0 Å². The molecular weight excluding hydrogens is 174 g/mol. The van der Waals surface area contributed by atoms with Crippen LogP contribution in [0, 0.1) is 0 Å². The maximum Gasteiger partial charge on any atom is 0.260 e. The maximum absolute atomic E-state index is 12.9. The summed E-state index contributed by atoms with van der Waals surface area (Å²) in [5.74, 6) is -2.51. The van der Waals surface area contributed by atoms with Crippen LogP contribution >= 0.6 is 0 Å². The van der Waals surface area contributed by atoms with Gasteiger partial charge in [-0.05, 0) is 26.8 Å². The Bertz CT molecular complexity index is 173. The van der Waals surface area contributed by atoms with Crippen molar-refractivity contribution in [2.75, 3.05) is 19.6 Å². The molecule has 0 unspecified atom stereocenters. The lowest BCUT2D eigenvalue weighted by atomic mass is 10.0. The summed E-state index contributed by atoms with van der Waals surface area (Å²) in [6, 6.07) is 0. The standard InChI is InChI=1S/C9H18F2N2/c1-8(2,12)6-13-5-3-4-9(10,11)7-13/h3-7,12H2,1-2H3. The Hall–Kier alpha value is -0.220. The van der Waals surface area contributed by atoms with E-state index in [4.69, 9.17) is 5.73 Å². The number of piperidine rings is 1. The van der Waals surface area contributed by atoms with E-state index >= 15 is 0 Å². The molecule has 1 rings (SSSR count). The smallest absolute Gasteiger partial charge is 0.260 e. The number of rotatable bonds is 2. The molecule has 1 saturated heterocycles. The molecule has 0 radical (unpaired) electrons. The van der Waals surface area contributed by atoms with Gasteiger partial charge in [0.25, 0.3) is 5.92 Å². The molecule has 1 aliphatic rings. The topological polar surface area (TPSA) is 29.3 Å². The van der Waals surface area contributed by atoms with E-state index in [9.17, 15) is 8.78 Å². The third-order valence-electron chi connectivity index (χ3n) is 2.10. The second-order valence-corrected chi connectivity index (χ2v) is 4.66. The molecule has 1 fully saturated rings. The molecule has 0 aromatic heterocycles. The Morgan fingerprint density at radius 3 is 2.54 bits per heavy atom. The van der Waals surface area contributed by atoms with E-state index < -0.39 is 5.92 Å². The van der Waals surface area contributed by atoms with Crippen LogP contribution in [0.3, 0.4) is 0 Å². The lowest BCUT2D eigenvalue weighted by Gasteiger charge is -2.36. The number of hydrogen-bond acceptors (Lipinski definition) is 2. The van der Waals surface area contributed by atoms with E-state index in [1.54, 1.807) is 4.90 Å². The second-order valence-electron chi connectivity index (χ2n) is 4.66. The molecule has 0 aliphatic carbocycles. The molecule has 2 N–H and O–H groups in total. The first-order valence-corrected chi connectivity index (χ1v) is 4.68. The second kappa shape index (κ2) is 3.50. The zero-order valence-corrected chi connectivity index (χ0v) is 8.32. The van der Waals surface area contributed by atoms with Crippen LogP contribution in [0.25, 0.3) is 0 Å². The molecule has 0 bridgehead atoms. The van der Waals surface area contributed by atoms with Crippen LogP contribution in [0.15, 0.2) is 0 Å². The Labute approximate surface area is 78.1 Å². The van der Waals surface area contributed by atoms with E-state index in [0.717, 1.165) is 6.54 Å². The first-order chi connectivity index (χ1) is 5.79. The summed E-state index contributed by atoms with van der Waals surface area (Å²) in [7, 11) is 0. The van der Waals surface area contributed by atoms with Crippen molar-refractivity contribution in [3.63, 3.8) is 0 Å². The average molecular weight is 192 g/mol. The van der Waals surface area contributed by atoms with Crippen molar-refractivity contribution in [1.29, 1.82) is 0 Å². The SMILES string of the molecule is CC(C)(N)CN1CCCC(F)(F)C1. The molecule has 78 valence electrons. The summed E-state index contributed by atoms with van der Waals surface area (Å²) in [5, 5.41) is 0. The predicted octanol–water partition coefficient (Wildman–Crippen LogP) is 1.45. The van der Waals surface area contributed by atoms with Crippen LogP contribution in [0.1, 0.15) is 26.7 Å². The van der Waals surface area contributed by atoms with Gasteiger partial charge < -0.3 is 5.73 Å². The van der Waals surface area contributed by atoms with Gasteiger partial charge in [-0.15, -0.1) is 0 Å². The van der Waals surface area contributed by atoms with Gasteiger partial charge in [-0.2, -0.15) is 0 Å². The van der Waals surface area contributed by atoms with Crippen molar-refractivity contribution >= 4 is 0 Å². The molecular formula is C9H18F2N2. The summed E-state index contributed by atoms with van der Waals surface area (Å²) in [5.41, 5.74) is 5.39. The van der Waals surface area contributed by atoms with Gasteiger partial charge in [0.05, 0.1) is 6.54 Å². The van der Waals surface area contributed by atoms with Crippen molar-refractivity contribution in [1.82, 2.24) is 4.90 Å². The highest BCUT2D eigenvalue weighted by atomic mass is 19.3. The summed E-state index contributed by atoms with van der Waals surface area (Å²) >= 11 is 0. The van der Waals surface area contributed by atoms with Crippen molar-refractivity contribution in [2.24, 2.45) is 5.73 Å². The molecule has 0 saturated carbocycles. The Balaban J connectivity index is 2.44. The number of halogens is 2. The Kier molecular flexibility index (Phi) is 2.92. The van der Waals surface area contributed by atoms with Crippen molar-refractivity contribution in [2.45, 2.75) is 38.2 Å². The van der Waals surface area contributed by atoms with Crippen LogP contribution in [0.2, 0.25) is 0 Å². The first kappa shape index (κ1) is 10.9. The van der Waals surface area contributed by atoms with E-state index in [-0.39, 0.29) is 18.5 Å². The number of likely N-dealkylation sites (tertiary alicyclic amines) is 1. The van der Waals surface area contributed by atoms with Crippen molar-refractivity contribution < 1.29 is 8.78 Å². The quantitative estimate of drug-likeness (QED) is 0.717. The highest BCUT2D eigenvalue weighted by Gasteiger charge is 2.36. The normalized spacial score (nSPS) is 24.7. The van der Waals surface area contributed by atoms with Crippen LogP contribution in [0.5, 0.6) is 0 Å². The van der Waals surface area contributed by atoms with Gasteiger partial charge in [0.2, 0.25) is 0 Å². The number of nitrogens with zero attached hydrogens (tertiary/aromatic N) is 1. The minimum atomic E-state index is -2.51. The van der Waals surface area contributed by atoms with Gasteiger partial charge >= 0.3 is 0 Å². The molecule has 0 amide bonds. The number of hydrogen-bond donors (Lipinski definition) is 1. The van der Waals surface area contributed by atoms with Crippen LogP contribution < -0.4 is 5.73 Å². The minimum absolute atomic E-state index is 0.0223. The summed E-state index contributed by atoms with van der Waals surface area (Å²) < 4.78 is 25.9. The highest BCUT2D eigenvalue weighted by molar-refractivity contribution is 4.84. The average Bonchev–Trinajstić information content (AvgIpc) is 1.79. The number of alkyl halides is 2. The van der Waals surface area contributed by atoms with Crippen LogP contribution in [-0.4, -0.2) is 36.0 Å². The van der Waals surface area contributed by atoms with E-state index in [0.29, 0.717) is 13.0 Å². The van der Waals surface area contributed by atoms with Gasteiger partial charge in [-0.3, -0.25) is 4.90 Å². The Morgan fingerprint density at radius 2 is 2.08 bits per heavy atom. The summed E-state index contributed by atoms with van der Waals surface area (Å²) in [6.07, 6.45) is 0.595. The lowest BCUT2D eigenvalue weighted by molar-refractivity contribution is -0.0670. The van der Waals surface area contributed by atoms with Gasteiger partial charge in [-0.25, -0.2) is 8.78 Å². The molecule has 1 aliphatic heterocycles. The summed E-state index contributed by atoms with van der Waals surface area (Å²) in [4.78, 5) is 1.75. The monoisotopic (exact) mass is 192 g/mol. The zero-order chi connectivity index (χ0) is 10.1. The molecule has 0 spiro atoms. The first-order valence-electron chi connectivity index (χ1n) is 4.68. The molecule has 13 heavy (non-hydrogen) atoms. The van der Waals surface area contributed by atoms with Crippen molar-refractivity contribution in [3.05, 3.63) is 0 Å². The molecule has 0 atom stereocenters. The lowest BCUT2D eigenvalue weighted by Crippen LogP contribution is -2.51. The largest absolute Gasteiger partial charge is 0.324 e. The fourth-order valence-corrected chi connectivity index (χ4v) is 1.76. The predicted molar refractivity (Wildman–Crippen MR) is 48.9 cm³/mol. The number of nitrogens with two attached hydrogens (primary N) is 1. The highest BCUT2D eigenvalue weighted by Crippen LogP contribution is 2.26. The van der Waals surface area contributed by atoms with Gasteiger partial charge in [-0.1, -0.05) is 0 Å². The van der Waals surface area contributed by atoms with E-state index in [1.165, 1.54) is 0 Å². The fraction of sp³-hybridized carbons (Fsp3) is 1.00. The molecule has 2 nitrogen and oxygen atoms in total. The third kappa shape index (κ3) is 4.00. The van der Waals surface area contributed by atoms with Crippen molar-refractivity contribution in [3.8, 4) is 0 Å². The van der Waals surface area contributed by atoms with E-state index in [1.807, 2.05) is 13.8 Å². The molecule has 0 aromatic rings. The van der Waals surface area contributed by atoms with Gasteiger partial charge in [0, 0.05) is 18.5 Å². The Morgan fingerprint density at radius 1 is 1.46 bits per heavy atom. The summed E-state index contributed by atoms with van der Waals surface area (Å²) in [6.45, 7) is 4.88. The molecule has 0 aromatic carbocycles. The maximum atomic E-state index is 12.9. The van der Waals surface area contributed by atoms with Crippen LogP contribution in [0.4, 0.5) is 8.78 Å².